The number of nitrogens with zero attached hydrogens (tertiary/aromatic N) is 1. The van der Waals surface area contributed by atoms with Crippen LogP contribution < -0.4 is 4.74 Å². The molecule has 0 unspecified atom stereocenters. The van der Waals surface area contributed by atoms with Crippen LogP contribution in [0, 0.1) is 6.92 Å². The van der Waals surface area contributed by atoms with Gasteiger partial charge in [-0.25, -0.2) is 0 Å². The molecule has 0 aliphatic carbocycles. The van der Waals surface area contributed by atoms with Crippen LogP contribution in [0.4, 0.5) is 0 Å². The quantitative estimate of drug-likeness (QED) is 0.698. The zero-order valence-corrected chi connectivity index (χ0v) is 15.6. The molecule has 6 heteroatoms. The van der Waals surface area contributed by atoms with Gasteiger partial charge in [-0.1, -0.05) is 18.2 Å². The molecule has 0 atom stereocenters. The average molecular weight is 374 g/mol. The third-order valence-corrected chi connectivity index (χ3v) is 4.09. The summed E-state index contributed by atoms with van der Waals surface area (Å²) in [5, 5.41) is 9.94. The maximum atomic E-state index is 12.9. The van der Waals surface area contributed by atoms with Gasteiger partial charge >= 0.3 is 5.97 Å². The van der Waals surface area contributed by atoms with E-state index in [1.165, 1.54) is 6.38 Å². The Morgan fingerprint density at radius 3 is 2.35 bits per heavy atom. The van der Waals surface area contributed by atoms with Crippen LogP contribution in [0.3, 0.4) is 0 Å². The highest BCUT2D eigenvalue weighted by Gasteiger charge is 2.21. The summed E-state index contributed by atoms with van der Waals surface area (Å²) >= 11 is 4.64. The van der Waals surface area contributed by atoms with Gasteiger partial charge in [-0.05, 0) is 42.8 Å². The standard InChI is InChI=1S/C19H17NO4.CH3Cl/c1-12-15(11-18(21)22)16-10-14(24-2)8-9-17(16)20(12)19(23)13-6-4-3-5-7-13;1-2/h3-10H,11H2,1-2H3,(H,21,22);1H3. The van der Waals surface area contributed by atoms with Crippen LogP contribution in [0.5, 0.6) is 5.75 Å². The van der Waals surface area contributed by atoms with Crippen LogP contribution in [0.15, 0.2) is 48.5 Å². The summed E-state index contributed by atoms with van der Waals surface area (Å²) in [5.74, 6) is -0.495. The number of alkyl halides is 1. The molecule has 0 radical (unpaired) electrons. The van der Waals surface area contributed by atoms with Crippen LogP contribution in [-0.2, 0) is 11.2 Å². The van der Waals surface area contributed by atoms with Crippen molar-refractivity contribution >= 4 is 34.4 Å². The first-order valence-corrected chi connectivity index (χ1v) is 8.65. The first-order valence-electron chi connectivity index (χ1n) is 7.90. The topological polar surface area (TPSA) is 68.5 Å². The number of methoxy groups -OCH3 is 1. The fourth-order valence-electron chi connectivity index (χ4n) is 2.94. The lowest BCUT2D eigenvalue weighted by molar-refractivity contribution is -0.136. The van der Waals surface area contributed by atoms with Gasteiger partial charge in [-0.3, -0.25) is 14.2 Å². The summed E-state index contributed by atoms with van der Waals surface area (Å²) in [4.78, 5) is 24.2. The number of carboxylic acid groups (broad SMARTS) is 1. The van der Waals surface area contributed by atoms with Crippen molar-refractivity contribution in [2.24, 2.45) is 0 Å². The summed E-state index contributed by atoms with van der Waals surface area (Å²) in [6.45, 7) is 1.77. The third-order valence-electron chi connectivity index (χ3n) is 4.09. The predicted octanol–water partition coefficient (Wildman–Crippen LogP) is 4.13. The van der Waals surface area contributed by atoms with Crippen molar-refractivity contribution in [3.8, 4) is 5.75 Å². The Labute approximate surface area is 156 Å². The minimum absolute atomic E-state index is 0.148. The summed E-state index contributed by atoms with van der Waals surface area (Å²) < 4.78 is 6.81. The minimum Gasteiger partial charge on any atom is -0.497 e. The molecule has 2 aromatic carbocycles. The van der Waals surface area contributed by atoms with Crippen molar-refractivity contribution in [2.45, 2.75) is 13.3 Å². The molecule has 0 saturated heterocycles. The Balaban J connectivity index is 0.00000117. The number of hydrogen-bond acceptors (Lipinski definition) is 3. The number of aliphatic carboxylic acids is 1. The van der Waals surface area contributed by atoms with E-state index in [1.54, 1.807) is 61.1 Å². The van der Waals surface area contributed by atoms with Crippen molar-refractivity contribution in [2.75, 3.05) is 13.5 Å². The van der Waals surface area contributed by atoms with Crippen molar-refractivity contribution in [3.05, 3.63) is 65.4 Å². The minimum atomic E-state index is -0.938. The van der Waals surface area contributed by atoms with E-state index < -0.39 is 5.97 Å². The first kappa shape index (κ1) is 19.5. The number of ether oxygens (including phenoxy) is 1. The Bertz CT molecular complexity index is 932. The summed E-state index contributed by atoms with van der Waals surface area (Å²) in [7, 11) is 1.55. The van der Waals surface area contributed by atoms with Gasteiger partial charge in [0.05, 0.1) is 19.0 Å². The van der Waals surface area contributed by atoms with Crippen molar-refractivity contribution in [3.63, 3.8) is 0 Å². The average Bonchev–Trinajstić information content (AvgIpc) is 2.94. The summed E-state index contributed by atoms with van der Waals surface area (Å²) in [5.41, 5.74) is 2.49. The van der Waals surface area contributed by atoms with E-state index in [0.29, 0.717) is 28.1 Å². The molecule has 136 valence electrons. The molecule has 0 aliphatic heterocycles. The molecule has 0 aliphatic rings. The molecule has 0 bridgehead atoms. The molecule has 5 nitrogen and oxygen atoms in total. The number of halogens is 1. The van der Waals surface area contributed by atoms with E-state index >= 15 is 0 Å². The number of hydrogen-bond donors (Lipinski definition) is 1. The number of carboxylic acids is 1. The molecule has 0 amide bonds. The normalized spacial score (nSPS) is 10.2. The van der Waals surface area contributed by atoms with Crippen molar-refractivity contribution < 1.29 is 19.4 Å². The molecule has 0 saturated carbocycles. The number of benzene rings is 2. The van der Waals surface area contributed by atoms with Gasteiger partial charge in [-0.15, -0.1) is 11.6 Å². The molecule has 0 fully saturated rings. The lowest BCUT2D eigenvalue weighted by atomic mass is 10.1. The van der Waals surface area contributed by atoms with E-state index in [-0.39, 0.29) is 12.3 Å². The summed E-state index contributed by atoms with van der Waals surface area (Å²) in [6.07, 6.45) is 1.32. The highest BCUT2D eigenvalue weighted by molar-refractivity contribution is 6.15. The van der Waals surface area contributed by atoms with E-state index in [2.05, 4.69) is 11.6 Å². The van der Waals surface area contributed by atoms with E-state index in [0.717, 1.165) is 5.39 Å². The monoisotopic (exact) mass is 373 g/mol. The largest absolute Gasteiger partial charge is 0.497 e. The van der Waals surface area contributed by atoms with Crippen LogP contribution in [0.1, 0.15) is 21.6 Å². The lowest BCUT2D eigenvalue weighted by Gasteiger charge is -2.07. The van der Waals surface area contributed by atoms with E-state index in [9.17, 15) is 14.7 Å². The zero-order valence-electron chi connectivity index (χ0n) is 14.8. The van der Waals surface area contributed by atoms with Gasteiger partial charge in [0.1, 0.15) is 5.75 Å². The highest BCUT2D eigenvalue weighted by Crippen LogP contribution is 2.30. The van der Waals surface area contributed by atoms with Gasteiger partial charge in [-0.2, -0.15) is 0 Å². The highest BCUT2D eigenvalue weighted by atomic mass is 35.5. The van der Waals surface area contributed by atoms with Crippen LogP contribution in [-0.4, -0.2) is 35.0 Å². The molecule has 1 heterocycles. The Kier molecular flexibility index (Phi) is 6.41. The maximum Gasteiger partial charge on any atom is 0.307 e. The van der Waals surface area contributed by atoms with Crippen molar-refractivity contribution in [1.82, 2.24) is 4.57 Å². The lowest BCUT2D eigenvalue weighted by Crippen LogP contribution is -2.14. The molecule has 1 N–H and O–H groups in total. The molecular formula is C20H20ClNO4. The second-order valence-corrected chi connectivity index (χ2v) is 5.52. The fourth-order valence-corrected chi connectivity index (χ4v) is 2.94. The van der Waals surface area contributed by atoms with Gasteiger partial charge in [0, 0.05) is 23.0 Å². The Hall–Kier alpha value is -2.79. The molecule has 1 aromatic heterocycles. The molecule has 0 spiro atoms. The van der Waals surface area contributed by atoms with Gasteiger partial charge in [0.25, 0.3) is 5.91 Å². The number of aromatic nitrogens is 1. The van der Waals surface area contributed by atoms with Gasteiger partial charge in [0.2, 0.25) is 0 Å². The van der Waals surface area contributed by atoms with Crippen LogP contribution >= 0.6 is 11.6 Å². The zero-order chi connectivity index (χ0) is 19.3. The number of rotatable bonds is 4. The fraction of sp³-hybridized carbons (Fsp3) is 0.200. The molecular weight excluding hydrogens is 354 g/mol. The second kappa shape index (κ2) is 8.54. The number of carbonyl (C=O) groups excluding carboxylic acids is 1. The van der Waals surface area contributed by atoms with Crippen LogP contribution in [0.2, 0.25) is 0 Å². The first-order chi connectivity index (χ1) is 12.5. The Morgan fingerprint density at radius 1 is 1.12 bits per heavy atom. The third kappa shape index (κ3) is 3.73. The molecule has 3 rings (SSSR count). The van der Waals surface area contributed by atoms with Gasteiger partial charge in [0.15, 0.2) is 0 Å². The summed E-state index contributed by atoms with van der Waals surface area (Å²) in [6, 6.07) is 14.3. The molecule has 26 heavy (non-hydrogen) atoms. The van der Waals surface area contributed by atoms with Crippen LogP contribution in [0.25, 0.3) is 10.9 Å². The molecule has 3 aromatic rings. The van der Waals surface area contributed by atoms with Gasteiger partial charge < -0.3 is 9.84 Å². The maximum absolute atomic E-state index is 12.9. The number of fused-ring (bicyclic) bond motifs is 1. The Morgan fingerprint density at radius 2 is 1.77 bits per heavy atom. The predicted molar refractivity (Wildman–Crippen MR) is 103 cm³/mol. The van der Waals surface area contributed by atoms with Crippen molar-refractivity contribution in [1.29, 1.82) is 0 Å². The second-order valence-electron chi connectivity index (χ2n) is 5.52. The SMILES string of the molecule is CCl.COc1ccc2c(c1)c(CC(=O)O)c(C)n2C(=O)c1ccccc1. The van der Waals surface area contributed by atoms with E-state index in [1.807, 2.05) is 6.07 Å². The smallest absolute Gasteiger partial charge is 0.307 e. The van der Waals surface area contributed by atoms with E-state index in [4.69, 9.17) is 4.74 Å². The number of carbonyl (C=O) groups is 2.